The van der Waals surface area contributed by atoms with Crippen molar-refractivity contribution >= 4 is 15.9 Å². The standard InChI is InChI=1S/C16H26N4O4S/c1-3-19-9-13(8-17-19)15-11-25(22,23)7-6-20(15)16(21)18-14(10-24-2)12-4-5-12/h8-9,12,14-15H,3-7,10-11H2,1-2H3,(H,18,21). The number of carbonyl (C=O) groups excluding carboxylic acids is 1. The zero-order valence-corrected chi connectivity index (χ0v) is 15.5. The Morgan fingerprint density at radius 2 is 2.24 bits per heavy atom. The number of amides is 2. The Hall–Kier alpha value is -1.61. The average Bonchev–Trinajstić information content (AvgIpc) is 3.30. The van der Waals surface area contributed by atoms with Gasteiger partial charge >= 0.3 is 6.03 Å². The molecule has 1 aromatic heterocycles. The molecule has 0 aromatic carbocycles. The molecule has 8 nitrogen and oxygen atoms in total. The highest BCUT2D eigenvalue weighted by Crippen LogP contribution is 2.33. The van der Waals surface area contributed by atoms with Crippen LogP contribution in [0.4, 0.5) is 4.79 Å². The molecule has 140 valence electrons. The molecule has 0 radical (unpaired) electrons. The van der Waals surface area contributed by atoms with Crippen LogP contribution in [0.15, 0.2) is 12.4 Å². The number of hydrogen-bond acceptors (Lipinski definition) is 5. The van der Waals surface area contributed by atoms with Crippen LogP contribution in [0.1, 0.15) is 31.4 Å². The van der Waals surface area contributed by atoms with Crippen LogP contribution in [-0.2, 0) is 21.1 Å². The van der Waals surface area contributed by atoms with E-state index in [1.165, 1.54) is 0 Å². The van der Waals surface area contributed by atoms with Gasteiger partial charge in [0.1, 0.15) is 0 Å². The normalized spacial score (nSPS) is 24.1. The van der Waals surface area contributed by atoms with E-state index in [1.54, 1.807) is 22.9 Å². The van der Waals surface area contributed by atoms with E-state index in [0.717, 1.165) is 18.4 Å². The highest BCUT2D eigenvalue weighted by atomic mass is 32.2. The fraction of sp³-hybridized carbons (Fsp3) is 0.750. The van der Waals surface area contributed by atoms with E-state index in [4.69, 9.17) is 4.74 Å². The Balaban J connectivity index is 1.77. The highest BCUT2D eigenvalue weighted by molar-refractivity contribution is 7.91. The van der Waals surface area contributed by atoms with Gasteiger partial charge in [0.15, 0.2) is 9.84 Å². The van der Waals surface area contributed by atoms with Crippen LogP contribution in [0.3, 0.4) is 0 Å². The summed E-state index contributed by atoms with van der Waals surface area (Å²) in [5, 5.41) is 7.26. The van der Waals surface area contributed by atoms with Gasteiger partial charge < -0.3 is 15.0 Å². The van der Waals surface area contributed by atoms with E-state index in [2.05, 4.69) is 10.4 Å². The lowest BCUT2D eigenvalue weighted by atomic mass is 10.1. The number of urea groups is 1. The monoisotopic (exact) mass is 370 g/mol. The van der Waals surface area contributed by atoms with Crippen molar-refractivity contribution in [3.63, 3.8) is 0 Å². The smallest absolute Gasteiger partial charge is 0.318 e. The number of hydrogen-bond donors (Lipinski definition) is 1. The fourth-order valence-corrected chi connectivity index (χ4v) is 4.76. The van der Waals surface area contributed by atoms with Crippen LogP contribution in [0, 0.1) is 5.92 Å². The molecule has 1 saturated heterocycles. The van der Waals surface area contributed by atoms with E-state index in [1.807, 2.05) is 13.1 Å². The Bertz CT molecular complexity index is 713. The maximum Gasteiger partial charge on any atom is 0.318 e. The number of rotatable bonds is 6. The predicted molar refractivity (Wildman–Crippen MR) is 92.9 cm³/mol. The fourth-order valence-electron chi connectivity index (χ4n) is 3.27. The van der Waals surface area contributed by atoms with E-state index in [0.29, 0.717) is 19.1 Å². The number of nitrogens with one attached hydrogen (secondary N) is 1. The van der Waals surface area contributed by atoms with Gasteiger partial charge in [-0.2, -0.15) is 5.10 Å². The molecule has 0 spiro atoms. The van der Waals surface area contributed by atoms with E-state index >= 15 is 0 Å². The minimum atomic E-state index is -3.17. The molecule has 2 unspecified atom stereocenters. The molecule has 2 fully saturated rings. The van der Waals surface area contributed by atoms with Crippen molar-refractivity contribution in [3.8, 4) is 0 Å². The average molecular weight is 370 g/mol. The van der Waals surface area contributed by atoms with Crippen LogP contribution in [-0.4, -0.2) is 66.9 Å². The largest absolute Gasteiger partial charge is 0.383 e. The second-order valence-electron chi connectivity index (χ2n) is 6.80. The van der Waals surface area contributed by atoms with Crippen molar-refractivity contribution in [2.75, 3.05) is 31.8 Å². The number of methoxy groups -OCH3 is 1. The highest BCUT2D eigenvalue weighted by Gasteiger charge is 2.38. The van der Waals surface area contributed by atoms with Crippen LogP contribution in [0.5, 0.6) is 0 Å². The first-order valence-corrected chi connectivity index (χ1v) is 10.5. The quantitative estimate of drug-likeness (QED) is 0.800. The van der Waals surface area contributed by atoms with E-state index in [-0.39, 0.29) is 30.1 Å². The van der Waals surface area contributed by atoms with Crippen LogP contribution >= 0.6 is 0 Å². The first-order chi connectivity index (χ1) is 11.9. The summed E-state index contributed by atoms with van der Waals surface area (Å²) < 4.78 is 31.2. The minimum absolute atomic E-state index is 0.00277. The van der Waals surface area contributed by atoms with Gasteiger partial charge in [-0.05, 0) is 25.7 Å². The summed E-state index contributed by atoms with van der Waals surface area (Å²) in [5.41, 5.74) is 0.759. The Kier molecular flexibility index (Phi) is 5.33. The summed E-state index contributed by atoms with van der Waals surface area (Å²) in [4.78, 5) is 14.5. The van der Waals surface area contributed by atoms with Gasteiger partial charge in [-0.1, -0.05) is 0 Å². The Morgan fingerprint density at radius 1 is 1.48 bits per heavy atom. The summed E-state index contributed by atoms with van der Waals surface area (Å²) in [6.07, 6.45) is 5.66. The molecule has 1 aliphatic heterocycles. The van der Waals surface area contributed by atoms with Crippen molar-refractivity contribution < 1.29 is 17.9 Å². The SMILES string of the molecule is CCn1cc(C2CS(=O)(=O)CCN2C(=O)NC(COC)C2CC2)cn1. The third kappa shape index (κ3) is 4.33. The van der Waals surface area contributed by atoms with Gasteiger partial charge in [0, 0.05) is 32.0 Å². The van der Waals surface area contributed by atoms with Crippen molar-refractivity contribution in [1.82, 2.24) is 20.0 Å². The molecule has 0 bridgehead atoms. The van der Waals surface area contributed by atoms with E-state index in [9.17, 15) is 13.2 Å². The lowest BCUT2D eigenvalue weighted by Crippen LogP contribution is -2.53. The molecule has 9 heteroatoms. The molecule has 25 heavy (non-hydrogen) atoms. The number of nitrogens with zero attached hydrogens (tertiary/aromatic N) is 3. The van der Waals surface area contributed by atoms with Crippen LogP contribution in [0.2, 0.25) is 0 Å². The summed E-state index contributed by atoms with van der Waals surface area (Å²) in [5.74, 6) is 0.393. The molecule has 1 aromatic rings. The summed E-state index contributed by atoms with van der Waals surface area (Å²) in [6, 6.07) is -0.741. The van der Waals surface area contributed by atoms with Gasteiger partial charge in [-0.3, -0.25) is 4.68 Å². The van der Waals surface area contributed by atoms with Crippen LogP contribution < -0.4 is 5.32 Å². The first-order valence-electron chi connectivity index (χ1n) is 8.72. The number of sulfone groups is 1. The van der Waals surface area contributed by atoms with Crippen molar-refractivity contribution in [1.29, 1.82) is 0 Å². The van der Waals surface area contributed by atoms with Gasteiger partial charge in [0.2, 0.25) is 0 Å². The Labute approximate surface area is 148 Å². The maximum atomic E-state index is 12.8. The predicted octanol–water partition coefficient (Wildman–Crippen LogP) is 0.809. The third-order valence-electron chi connectivity index (χ3n) is 4.90. The molecule has 2 amide bonds. The lowest BCUT2D eigenvalue weighted by Gasteiger charge is -2.36. The zero-order valence-electron chi connectivity index (χ0n) is 14.7. The number of aromatic nitrogens is 2. The summed E-state index contributed by atoms with van der Waals surface area (Å²) in [6.45, 7) is 3.33. The van der Waals surface area contributed by atoms with Gasteiger partial charge in [-0.15, -0.1) is 0 Å². The number of ether oxygens (including phenoxy) is 1. The van der Waals surface area contributed by atoms with Gasteiger partial charge in [0.25, 0.3) is 0 Å². The van der Waals surface area contributed by atoms with Crippen molar-refractivity contribution in [3.05, 3.63) is 18.0 Å². The number of carbonyl (C=O) groups is 1. The topological polar surface area (TPSA) is 93.5 Å². The second-order valence-corrected chi connectivity index (χ2v) is 9.03. The zero-order chi connectivity index (χ0) is 18.0. The molecule has 2 aliphatic rings. The lowest BCUT2D eigenvalue weighted by molar-refractivity contribution is 0.141. The number of aryl methyl sites for hydroxylation is 1. The van der Waals surface area contributed by atoms with Gasteiger partial charge in [0.05, 0.1) is 36.4 Å². The van der Waals surface area contributed by atoms with Crippen molar-refractivity contribution in [2.24, 2.45) is 5.92 Å². The van der Waals surface area contributed by atoms with Crippen LogP contribution in [0.25, 0.3) is 0 Å². The Morgan fingerprint density at radius 3 is 2.84 bits per heavy atom. The molecule has 2 atom stereocenters. The molecular formula is C16H26N4O4S. The van der Waals surface area contributed by atoms with E-state index < -0.39 is 15.9 Å². The molecule has 1 saturated carbocycles. The third-order valence-corrected chi connectivity index (χ3v) is 6.53. The molecular weight excluding hydrogens is 344 g/mol. The molecule has 1 N–H and O–H groups in total. The molecule has 3 rings (SSSR count). The first kappa shape index (κ1) is 18.2. The summed E-state index contributed by atoms with van der Waals surface area (Å²) in [7, 11) is -1.55. The summed E-state index contributed by atoms with van der Waals surface area (Å²) >= 11 is 0. The second kappa shape index (κ2) is 7.33. The van der Waals surface area contributed by atoms with Crippen molar-refractivity contribution in [2.45, 2.75) is 38.4 Å². The molecule has 1 aliphatic carbocycles. The maximum absolute atomic E-state index is 12.8. The van der Waals surface area contributed by atoms with Gasteiger partial charge in [-0.25, -0.2) is 13.2 Å². The molecule has 2 heterocycles. The minimum Gasteiger partial charge on any atom is -0.383 e.